The van der Waals surface area contributed by atoms with Gasteiger partial charge in [-0.2, -0.15) is 15.9 Å². The number of allylic oxidation sites excluding steroid dienone is 3. The minimum Gasteiger partial charge on any atom is -0.490 e. The van der Waals surface area contributed by atoms with E-state index in [0.29, 0.717) is 23.6 Å². The third-order valence-electron chi connectivity index (χ3n) is 7.23. The molecule has 4 heterocycles. The average Bonchev–Trinajstić information content (AvgIpc) is 3.81. The van der Waals surface area contributed by atoms with Gasteiger partial charge in [0.05, 0.1) is 29.1 Å². The van der Waals surface area contributed by atoms with Crippen LogP contribution in [-0.2, 0) is 11.2 Å². The number of imidazole rings is 1. The highest BCUT2D eigenvalue weighted by Crippen LogP contribution is 2.28. The van der Waals surface area contributed by atoms with E-state index in [1.54, 1.807) is 10.8 Å². The van der Waals surface area contributed by atoms with Crippen molar-refractivity contribution in [3.63, 3.8) is 0 Å². The Morgan fingerprint density at radius 1 is 0.941 bits per heavy atom. The minimum absolute atomic E-state index is 0.0541. The van der Waals surface area contributed by atoms with Crippen LogP contribution in [0.4, 0.5) is 20.2 Å². The molecule has 0 radical (unpaired) electrons. The molecule has 0 aliphatic carbocycles. The molecule has 6 N–H and O–H groups in total. The fourth-order valence-electron chi connectivity index (χ4n) is 4.74. The van der Waals surface area contributed by atoms with Crippen LogP contribution in [0.15, 0.2) is 83.8 Å². The Morgan fingerprint density at radius 3 is 2.33 bits per heavy atom. The number of anilines is 2. The second kappa shape index (κ2) is 13.8. The fourth-order valence-corrected chi connectivity index (χ4v) is 4.74. The zero-order valence-corrected chi connectivity index (χ0v) is 25.6. The number of carboxylic acid groups (broad SMARTS) is 2. The van der Waals surface area contributed by atoms with Gasteiger partial charge >= 0.3 is 11.9 Å². The number of hydrazine groups is 2. The zero-order chi connectivity index (χ0) is 36.2. The van der Waals surface area contributed by atoms with Crippen LogP contribution < -0.4 is 26.3 Å². The number of nitrogens with one attached hydrogen (secondary N) is 4. The summed E-state index contributed by atoms with van der Waals surface area (Å²) < 4.78 is 36.9. The number of aromatic nitrogens is 4. The third kappa shape index (κ3) is 6.97. The quantitative estimate of drug-likeness (QED) is 0.131. The molecule has 2 aliphatic rings. The molecule has 0 saturated carbocycles. The van der Waals surface area contributed by atoms with Gasteiger partial charge in [-0.15, -0.1) is 15.3 Å². The van der Waals surface area contributed by atoms with Gasteiger partial charge in [-0.3, -0.25) is 19.6 Å². The lowest BCUT2D eigenvalue weighted by Gasteiger charge is -2.25. The van der Waals surface area contributed by atoms with Crippen molar-refractivity contribution in [2.45, 2.75) is 6.42 Å². The summed E-state index contributed by atoms with van der Waals surface area (Å²) in [6, 6.07) is 8.02. The molecule has 256 valence electrons. The highest BCUT2D eigenvalue weighted by Gasteiger charge is 2.28. The van der Waals surface area contributed by atoms with E-state index in [1.807, 2.05) is 6.07 Å². The zero-order valence-electron chi connectivity index (χ0n) is 25.6. The predicted octanol–water partition coefficient (Wildman–Crippen LogP) is 2.13. The Labute approximate surface area is 283 Å². The maximum Gasteiger partial charge on any atom is 0.337 e. The van der Waals surface area contributed by atoms with E-state index in [9.17, 15) is 33.8 Å². The van der Waals surface area contributed by atoms with Crippen molar-refractivity contribution in [1.82, 2.24) is 35.8 Å². The molecule has 51 heavy (non-hydrogen) atoms. The monoisotopic (exact) mass is 697 g/mol. The number of carbonyl (C=O) groups excluding carboxylic acids is 2. The van der Waals surface area contributed by atoms with Crippen LogP contribution in [0.3, 0.4) is 0 Å². The number of nitriles is 1. The molecule has 0 spiro atoms. The first-order chi connectivity index (χ1) is 24.5. The largest absolute Gasteiger partial charge is 0.490 e. The van der Waals surface area contributed by atoms with Crippen LogP contribution in [0.5, 0.6) is 5.75 Å². The van der Waals surface area contributed by atoms with E-state index in [0.717, 1.165) is 12.1 Å². The maximum atomic E-state index is 15.0. The molecule has 2 amide bonds. The standard InChI is InChI=1S/C31H21F2N11O7/c32-18-10-16(30(47)48)22(36-29(46)21-1-3-25-24(13-34)39-42-44(25)41-21)9-15(18)5-8-51-26-12-23(17(31(49)50)11-19(26)33)37-28(45)20-2-4-27(40-38-20)43-7-6-35-14-43/h1-4,6-7,9-12,14,41-42H,5,8H2,(H,36,46)(H,37,45)(H,47,48)(H,49,50). The Kier molecular flexibility index (Phi) is 8.99. The summed E-state index contributed by atoms with van der Waals surface area (Å²) in [5.41, 5.74) is 3.39. The Bertz CT molecular complexity index is 2230. The normalized spacial score (nSPS) is 13.0. The Balaban J connectivity index is 1.16. The fraction of sp³-hybridized carbons (Fsp3) is 0.0645. The second-order valence-corrected chi connectivity index (χ2v) is 10.4. The highest BCUT2D eigenvalue weighted by atomic mass is 19.1. The van der Waals surface area contributed by atoms with Gasteiger partial charge in [0.2, 0.25) is 0 Å². The highest BCUT2D eigenvalue weighted by molar-refractivity contribution is 6.13. The van der Waals surface area contributed by atoms with Crippen molar-refractivity contribution in [2.75, 3.05) is 17.2 Å². The van der Waals surface area contributed by atoms with Crippen LogP contribution in [0.2, 0.25) is 0 Å². The summed E-state index contributed by atoms with van der Waals surface area (Å²) in [6.07, 6.45) is 7.07. The number of carboxylic acids is 2. The smallest absolute Gasteiger partial charge is 0.337 e. The summed E-state index contributed by atoms with van der Waals surface area (Å²) in [7, 11) is 0. The first kappa shape index (κ1) is 33.2. The molecular weight excluding hydrogens is 676 g/mol. The molecule has 0 bridgehead atoms. The van der Waals surface area contributed by atoms with Gasteiger partial charge < -0.3 is 25.6 Å². The molecule has 4 aromatic rings. The number of carbonyl (C=O) groups is 4. The van der Waals surface area contributed by atoms with Gasteiger partial charge in [-0.05, 0) is 48.0 Å². The third-order valence-corrected chi connectivity index (χ3v) is 7.23. The van der Waals surface area contributed by atoms with Gasteiger partial charge in [-0.1, -0.05) is 0 Å². The molecule has 6 rings (SSSR count). The number of hydrogen-bond acceptors (Lipinski definition) is 13. The van der Waals surface area contributed by atoms with Gasteiger partial charge in [0.1, 0.15) is 29.6 Å². The van der Waals surface area contributed by atoms with Crippen LogP contribution in [0.25, 0.3) is 5.82 Å². The predicted molar refractivity (Wildman–Crippen MR) is 169 cm³/mol. The number of fused-ring (bicyclic) bond motifs is 1. The molecule has 0 fully saturated rings. The van der Waals surface area contributed by atoms with Gasteiger partial charge in [0, 0.05) is 24.9 Å². The van der Waals surface area contributed by atoms with Crippen molar-refractivity contribution < 1.29 is 42.9 Å². The van der Waals surface area contributed by atoms with Crippen LogP contribution in [-0.4, -0.2) is 71.2 Å². The SMILES string of the molecule is N#CC1=NNN2NC(C(=O)Nc3cc(CCOc4cc(NC(=O)c5ccc(-n6ccnc6)nn5)c(C(=O)O)cc4F)c(F)cc3C(=O)O)=CC=C12. The number of hydrogen-bond donors (Lipinski definition) is 6. The molecular formula is C31H21F2N11O7. The summed E-state index contributed by atoms with van der Waals surface area (Å²) >= 11 is 0. The van der Waals surface area contributed by atoms with E-state index in [2.05, 4.69) is 41.9 Å². The topological polar surface area (TPSA) is 249 Å². The number of benzene rings is 2. The average molecular weight is 698 g/mol. The molecule has 2 aromatic heterocycles. The minimum atomic E-state index is -1.56. The molecule has 0 unspecified atom stereocenters. The van der Waals surface area contributed by atoms with E-state index >= 15 is 4.39 Å². The second-order valence-electron chi connectivity index (χ2n) is 10.4. The van der Waals surface area contributed by atoms with Gasteiger partial charge in [0.15, 0.2) is 28.8 Å². The molecule has 2 aliphatic heterocycles. The summed E-state index contributed by atoms with van der Waals surface area (Å²) in [5.74, 6) is -6.97. The van der Waals surface area contributed by atoms with Crippen molar-refractivity contribution in [3.8, 4) is 17.6 Å². The Hall–Kier alpha value is -7.69. The first-order valence-corrected chi connectivity index (χ1v) is 14.4. The van der Waals surface area contributed by atoms with Crippen LogP contribution >= 0.6 is 0 Å². The van der Waals surface area contributed by atoms with Crippen LogP contribution in [0, 0.1) is 23.0 Å². The number of halogens is 2. The molecule has 0 atom stereocenters. The van der Waals surface area contributed by atoms with E-state index in [4.69, 9.17) is 10.00 Å². The van der Waals surface area contributed by atoms with Crippen molar-refractivity contribution in [3.05, 3.63) is 113 Å². The number of ether oxygens (including phenoxy) is 1. The van der Waals surface area contributed by atoms with E-state index in [1.165, 1.54) is 41.9 Å². The summed E-state index contributed by atoms with van der Waals surface area (Å²) in [6.45, 7) is -0.406. The van der Waals surface area contributed by atoms with Crippen LogP contribution in [0.1, 0.15) is 36.8 Å². The number of rotatable bonds is 11. The summed E-state index contributed by atoms with van der Waals surface area (Å²) in [5, 5.41) is 45.8. The molecule has 18 nitrogen and oxygen atoms in total. The van der Waals surface area contributed by atoms with E-state index in [-0.39, 0.29) is 40.5 Å². The molecule has 2 aromatic carbocycles. The van der Waals surface area contributed by atoms with Gasteiger partial charge in [0.25, 0.3) is 11.8 Å². The van der Waals surface area contributed by atoms with Gasteiger partial charge in [-0.25, -0.2) is 23.4 Å². The molecule has 0 saturated heterocycles. The summed E-state index contributed by atoms with van der Waals surface area (Å²) in [4.78, 5) is 53.5. The van der Waals surface area contributed by atoms with E-state index < -0.39 is 58.9 Å². The lowest BCUT2D eigenvalue weighted by molar-refractivity contribution is -0.113. The molecule has 20 heteroatoms. The lowest BCUT2D eigenvalue weighted by atomic mass is 10.1. The first-order valence-electron chi connectivity index (χ1n) is 14.4. The Morgan fingerprint density at radius 2 is 1.67 bits per heavy atom. The van der Waals surface area contributed by atoms with Crippen molar-refractivity contribution in [2.24, 2.45) is 5.10 Å². The number of hydrazone groups is 1. The van der Waals surface area contributed by atoms with Crippen molar-refractivity contribution >= 4 is 40.8 Å². The number of nitrogens with zero attached hydrogens (tertiary/aromatic N) is 7. The maximum absolute atomic E-state index is 15.0. The van der Waals surface area contributed by atoms with Crippen molar-refractivity contribution in [1.29, 1.82) is 5.26 Å². The lowest BCUT2D eigenvalue weighted by Crippen LogP contribution is -2.45. The number of amides is 2. The number of aromatic carboxylic acids is 2.